The Morgan fingerprint density at radius 3 is 2.52 bits per heavy atom. The van der Waals surface area contributed by atoms with Crippen LogP contribution in [0.15, 0.2) is 11.1 Å². The van der Waals surface area contributed by atoms with E-state index in [2.05, 4.69) is 15.2 Å². The summed E-state index contributed by atoms with van der Waals surface area (Å²) in [4.78, 5) is 11.6. The van der Waals surface area contributed by atoms with Gasteiger partial charge in [-0.15, -0.1) is 0 Å². The van der Waals surface area contributed by atoms with Crippen LogP contribution in [0.25, 0.3) is 0 Å². The maximum Gasteiger partial charge on any atom is 0.225 e. The third-order valence-corrected chi connectivity index (χ3v) is 5.86. The van der Waals surface area contributed by atoms with Gasteiger partial charge in [0.05, 0.1) is 11.9 Å². The monoisotopic (exact) mass is 338 g/mol. The number of nitrogens with zero attached hydrogens (tertiary/aromatic N) is 3. The van der Waals surface area contributed by atoms with Crippen molar-refractivity contribution >= 4 is 15.8 Å². The molecule has 2 aliphatic rings. The van der Waals surface area contributed by atoms with Crippen LogP contribution in [0.1, 0.15) is 50.1 Å². The van der Waals surface area contributed by atoms with Crippen LogP contribution in [0.3, 0.4) is 0 Å². The number of hydrogen-bond acceptors (Lipinski definition) is 6. The van der Waals surface area contributed by atoms with Crippen LogP contribution in [0.4, 0.5) is 5.95 Å². The first-order chi connectivity index (χ1) is 11.1. The number of anilines is 1. The van der Waals surface area contributed by atoms with E-state index in [1.54, 1.807) is 0 Å². The maximum absolute atomic E-state index is 12.1. The highest BCUT2D eigenvalue weighted by molar-refractivity contribution is 7.90. The van der Waals surface area contributed by atoms with E-state index in [0.29, 0.717) is 16.5 Å². The van der Waals surface area contributed by atoms with Gasteiger partial charge in [-0.1, -0.05) is 12.8 Å². The van der Waals surface area contributed by atoms with Gasteiger partial charge in [-0.25, -0.2) is 18.4 Å². The summed E-state index contributed by atoms with van der Waals surface area (Å²) in [5.74, 6) is 0.849. The van der Waals surface area contributed by atoms with Crippen LogP contribution in [0.2, 0.25) is 0 Å². The van der Waals surface area contributed by atoms with Gasteiger partial charge in [0.2, 0.25) is 5.95 Å². The molecule has 0 spiro atoms. The molecule has 1 aromatic heterocycles. The van der Waals surface area contributed by atoms with E-state index in [0.717, 1.165) is 51.9 Å². The zero-order valence-electron chi connectivity index (χ0n) is 13.8. The molecule has 0 aromatic carbocycles. The molecule has 0 saturated carbocycles. The fourth-order valence-corrected chi connectivity index (χ4v) is 4.30. The number of sulfone groups is 1. The summed E-state index contributed by atoms with van der Waals surface area (Å²) in [6.07, 6.45) is 9.59. The standard InChI is InChI=1S/C16H26N4O2S/c1-23(21,22)14-12-18-16(20-9-4-2-3-5-10-20)19-15(14)13-7-6-8-17-11-13/h12-13,17H,2-11H2,1H3/t13-/m0/s1. The highest BCUT2D eigenvalue weighted by Gasteiger charge is 2.26. The lowest BCUT2D eigenvalue weighted by molar-refractivity contribution is 0.447. The molecule has 2 aliphatic heterocycles. The smallest absolute Gasteiger partial charge is 0.225 e. The summed E-state index contributed by atoms with van der Waals surface area (Å²) in [6, 6.07) is 0. The zero-order valence-corrected chi connectivity index (χ0v) is 14.6. The van der Waals surface area contributed by atoms with Crippen LogP contribution in [-0.2, 0) is 9.84 Å². The van der Waals surface area contributed by atoms with Crippen LogP contribution in [0.5, 0.6) is 0 Å². The van der Waals surface area contributed by atoms with Gasteiger partial charge in [-0.2, -0.15) is 0 Å². The second-order valence-electron chi connectivity index (χ2n) is 6.64. The Bertz CT molecular complexity index is 633. The summed E-state index contributed by atoms with van der Waals surface area (Å²) in [7, 11) is -3.31. The third-order valence-electron chi connectivity index (χ3n) is 4.74. The molecule has 2 fully saturated rings. The van der Waals surface area contributed by atoms with Crippen molar-refractivity contribution in [3.8, 4) is 0 Å². The molecule has 3 heterocycles. The fourth-order valence-electron chi connectivity index (χ4n) is 3.46. The van der Waals surface area contributed by atoms with Crippen molar-refractivity contribution < 1.29 is 8.42 Å². The highest BCUT2D eigenvalue weighted by Crippen LogP contribution is 2.29. The van der Waals surface area contributed by atoms with Crippen LogP contribution in [0, 0.1) is 0 Å². The Kier molecular flexibility index (Phi) is 5.16. The molecule has 1 N–H and O–H groups in total. The predicted molar refractivity (Wildman–Crippen MR) is 90.7 cm³/mol. The maximum atomic E-state index is 12.1. The Labute approximate surface area is 138 Å². The van der Waals surface area contributed by atoms with Gasteiger partial charge in [-0.05, 0) is 32.2 Å². The van der Waals surface area contributed by atoms with Crippen molar-refractivity contribution in [2.24, 2.45) is 0 Å². The molecule has 2 saturated heterocycles. The fraction of sp³-hybridized carbons (Fsp3) is 0.750. The van der Waals surface area contributed by atoms with Crippen molar-refractivity contribution in [2.45, 2.75) is 49.3 Å². The van der Waals surface area contributed by atoms with Crippen molar-refractivity contribution in [3.63, 3.8) is 0 Å². The average molecular weight is 338 g/mol. The molecule has 128 valence electrons. The Hall–Kier alpha value is -1.21. The topological polar surface area (TPSA) is 75.2 Å². The van der Waals surface area contributed by atoms with E-state index in [4.69, 9.17) is 4.98 Å². The minimum atomic E-state index is -3.31. The van der Waals surface area contributed by atoms with E-state index in [1.165, 1.54) is 25.3 Å². The van der Waals surface area contributed by atoms with E-state index in [9.17, 15) is 8.42 Å². The molecular weight excluding hydrogens is 312 g/mol. The molecule has 0 radical (unpaired) electrons. The SMILES string of the molecule is CS(=O)(=O)c1cnc(N2CCCCCC2)nc1[C@H]1CCCNC1. The summed E-state index contributed by atoms with van der Waals surface area (Å²) < 4.78 is 24.2. The highest BCUT2D eigenvalue weighted by atomic mass is 32.2. The van der Waals surface area contributed by atoms with Gasteiger partial charge in [0.1, 0.15) is 4.90 Å². The number of hydrogen-bond donors (Lipinski definition) is 1. The molecule has 0 bridgehead atoms. The molecule has 1 atom stereocenters. The van der Waals surface area contributed by atoms with Crippen molar-refractivity contribution in [2.75, 3.05) is 37.3 Å². The molecule has 6 nitrogen and oxygen atoms in total. The lowest BCUT2D eigenvalue weighted by Crippen LogP contribution is -2.31. The van der Waals surface area contributed by atoms with Crippen LogP contribution in [-0.4, -0.2) is 50.8 Å². The third kappa shape index (κ3) is 4.01. The second-order valence-corrected chi connectivity index (χ2v) is 8.62. The quantitative estimate of drug-likeness (QED) is 0.904. The molecule has 1 aromatic rings. The molecule has 23 heavy (non-hydrogen) atoms. The molecule has 0 unspecified atom stereocenters. The number of piperidine rings is 1. The van der Waals surface area contributed by atoms with Crippen molar-refractivity contribution in [1.82, 2.24) is 15.3 Å². The summed E-state index contributed by atoms with van der Waals surface area (Å²) in [5, 5.41) is 3.35. The molecule has 0 amide bonds. The Morgan fingerprint density at radius 2 is 1.91 bits per heavy atom. The summed E-state index contributed by atoms with van der Waals surface area (Å²) in [6.45, 7) is 3.70. The van der Waals surface area contributed by atoms with Gasteiger partial charge in [0, 0.05) is 31.8 Å². The van der Waals surface area contributed by atoms with E-state index in [1.807, 2.05) is 0 Å². The summed E-state index contributed by atoms with van der Waals surface area (Å²) in [5.41, 5.74) is 0.703. The van der Waals surface area contributed by atoms with E-state index < -0.39 is 9.84 Å². The van der Waals surface area contributed by atoms with E-state index in [-0.39, 0.29) is 5.92 Å². The number of nitrogens with one attached hydrogen (secondary N) is 1. The summed E-state index contributed by atoms with van der Waals surface area (Å²) >= 11 is 0. The van der Waals surface area contributed by atoms with Crippen LogP contribution < -0.4 is 10.2 Å². The number of aromatic nitrogens is 2. The minimum Gasteiger partial charge on any atom is -0.341 e. The molecular formula is C16H26N4O2S. The van der Waals surface area contributed by atoms with Crippen LogP contribution >= 0.6 is 0 Å². The Balaban J connectivity index is 1.96. The lowest BCUT2D eigenvalue weighted by Gasteiger charge is -2.26. The minimum absolute atomic E-state index is 0.155. The van der Waals surface area contributed by atoms with Crippen molar-refractivity contribution in [1.29, 1.82) is 0 Å². The largest absolute Gasteiger partial charge is 0.341 e. The molecule has 7 heteroatoms. The van der Waals surface area contributed by atoms with E-state index >= 15 is 0 Å². The average Bonchev–Trinajstić information content (AvgIpc) is 2.83. The van der Waals surface area contributed by atoms with Gasteiger partial charge < -0.3 is 10.2 Å². The van der Waals surface area contributed by atoms with Crippen molar-refractivity contribution in [3.05, 3.63) is 11.9 Å². The normalized spacial score (nSPS) is 23.5. The Morgan fingerprint density at radius 1 is 1.17 bits per heavy atom. The van der Waals surface area contributed by atoms with Gasteiger partial charge in [-0.3, -0.25) is 0 Å². The second kappa shape index (κ2) is 7.13. The van der Waals surface area contributed by atoms with Gasteiger partial charge >= 0.3 is 0 Å². The van der Waals surface area contributed by atoms with Gasteiger partial charge in [0.15, 0.2) is 9.84 Å². The predicted octanol–water partition coefficient (Wildman–Crippen LogP) is 1.73. The molecule has 3 rings (SSSR count). The lowest BCUT2D eigenvalue weighted by atomic mass is 9.96. The zero-order chi connectivity index (χ0) is 16.3. The van der Waals surface area contributed by atoms with Gasteiger partial charge in [0.25, 0.3) is 0 Å². The first-order valence-corrected chi connectivity index (χ1v) is 10.5. The first-order valence-electron chi connectivity index (χ1n) is 8.58. The first kappa shape index (κ1) is 16.6. The molecule has 0 aliphatic carbocycles. The number of rotatable bonds is 3.